The number of nitrogens with zero attached hydrogens (tertiary/aromatic N) is 1. The maximum Gasteiger partial charge on any atom is 0.250 e. The number of carbonyl (C=O) groups excluding carboxylic acids is 3. The number of aliphatic hydroxyl groups is 1. The number of hydrogen-bond acceptors (Lipinski definition) is 5. The molecule has 3 N–H and O–H groups in total. The Balaban J connectivity index is 1.53. The second-order valence-corrected chi connectivity index (χ2v) is 11.3. The van der Waals surface area contributed by atoms with Gasteiger partial charge in [0, 0.05) is 18.8 Å². The molecule has 0 aromatic heterocycles. The molecule has 2 aromatic rings. The number of para-hydroxylation sites is 2. The Morgan fingerprint density at radius 2 is 1.84 bits per heavy atom. The molecule has 9 heteroatoms. The Morgan fingerprint density at radius 1 is 1.11 bits per heavy atom. The maximum absolute atomic E-state index is 14.1. The highest BCUT2D eigenvalue weighted by Crippen LogP contribution is 2.65. The highest BCUT2D eigenvalue weighted by atomic mass is 35.5. The van der Waals surface area contributed by atoms with Crippen molar-refractivity contribution in [3.05, 3.63) is 59.1 Å². The topological polar surface area (TPSA) is 108 Å². The van der Waals surface area contributed by atoms with E-state index in [1.807, 2.05) is 51.1 Å². The van der Waals surface area contributed by atoms with Gasteiger partial charge >= 0.3 is 0 Å². The number of rotatable bonds is 8. The van der Waals surface area contributed by atoms with Crippen molar-refractivity contribution in [3.63, 3.8) is 0 Å². The molecular weight excluding hydrogens is 506 g/mol. The lowest BCUT2D eigenvalue weighted by Crippen LogP contribution is -2.54. The van der Waals surface area contributed by atoms with Crippen molar-refractivity contribution in [1.82, 2.24) is 4.90 Å². The van der Waals surface area contributed by atoms with E-state index in [-0.39, 0.29) is 36.8 Å². The number of halogens is 1. The molecule has 3 aliphatic rings. The Bertz CT molecular complexity index is 1240. The predicted molar refractivity (Wildman–Crippen MR) is 145 cm³/mol. The SMILES string of the molecule is Cc1cccc(Cl)c1NC(=O)C1N(CCCCO)C(=O)[C@@H]2[C@H](C(=O)Nc3ccccc3)[C@@]3(C)OC12CC3C. The number of carbonyl (C=O) groups is 3. The first kappa shape index (κ1) is 26.7. The van der Waals surface area contributed by atoms with Gasteiger partial charge in [-0.05, 0) is 62.8 Å². The first-order valence-corrected chi connectivity index (χ1v) is 13.5. The molecule has 2 aromatic carbocycles. The van der Waals surface area contributed by atoms with Crippen LogP contribution < -0.4 is 10.6 Å². The molecule has 8 nitrogen and oxygen atoms in total. The number of ether oxygens (including phenoxy) is 1. The van der Waals surface area contributed by atoms with E-state index in [9.17, 15) is 19.5 Å². The largest absolute Gasteiger partial charge is 0.396 e. The van der Waals surface area contributed by atoms with Crippen LogP contribution in [0.2, 0.25) is 5.02 Å². The van der Waals surface area contributed by atoms with Gasteiger partial charge in [0.1, 0.15) is 11.6 Å². The zero-order valence-electron chi connectivity index (χ0n) is 21.9. The first-order valence-electron chi connectivity index (χ1n) is 13.2. The van der Waals surface area contributed by atoms with E-state index in [0.29, 0.717) is 35.7 Å². The monoisotopic (exact) mass is 539 g/mol. The summed E-state index contributed by atoms with van der Waals surface area (Å²) in [5, 5.41) is 15.7. The lowest BCUT2D eigenvalue weighted by atomic mass is 9.62. The van der Waals surface area contributed by atoms with Crippen molar-refractivity contribution in [1.29, 1.82) is 0 Å². The van der Waals surface area contributed by atoms with Crippen molar-refractivity contribution in [2.75, 3.05) is 23.8 Å². The van der Waals surface area contributed by atoms with E-state index < -0.39 is 29.1 Å². The summed E-state index contributed by atoms with van der Waals surface area (Å²) < 4.78 is 6.73. The average molecular weight is 540 g/mol. The number of likely N-dealkylation sites (tertiary alicyclic amines) is 1. The first-order chi connectivity index (χ1) is 18.1. The molecule has 0 saturated carbocycles. The smallest absolute Gasteiger partial charge is 0.250 e. The molecule has 3 amide bonds. The van der Waals surface area contributed by atoms with Gasteiger partial charge in [-0.3, -0.25) is 14.4 Å². The molecule has 3 fully saturated rings. The molecular formula is C29H34ClN3O5. The van der Waals surface area contributed by atoms with Gasteiger partial charge in [-0.2, -0.15) is 0 Å². The third-order valence-corrected chi connectivity index (χ3v) is 8.98. The number of amides is 3. The number of nitrogens with one attached hydrogen (secondary N) is 2. The minimum atomic E-state index is -1.15. The van der Waals surface area contributed by atoms with E-state index >= 15 is 0 Å². The van der Waals surface area contributed by atoms with Gasteiger partial charge in [-0.1, -0.05) is 48.9 Å². The summed E-state index contributed by atoms with van der Waals surface area (Å²) in [4.78, 5) is 43.4. The zero-order chi connectivity index (χ0) is 27.2. The fourth-order valence-corrected chi connectivity index (χ4v) is 7.07. The summed E-state index contributed by atoms with van der Waals surface area (Å²) in [6, 6.07) is 13.6. The highest BCUT2D eigenvalue weighted by molar-refractivity contribution is 6.34. The number of aliphatic hydroxyl groups excluding tert-OH is 1. The quantitative estimate of drug-likeness (QED) is 0.439. The van der Waals surface area contributed by atoms with Gasteiger partial charge in [0.15, 0.2) is 0 Å². The Labute approximate surface area is 227 Å². The third-order valence-electron chi connectivity index (χ3n) is 8.66. The van der Waals surface area contributed by atoms with E-state index in [4.69, 9.17) is 16.3 Å². The van der Waals surface area contributed by atoms with E-state index in [1.54, 1.807) is 23.1 Å². The fourth-order valence-electron chi connectivity index (χ4n) is 6.80. The number of unbranched alkanes of at least 4 members (excludes halogenated alkanes) is 1. The van der Waals surface area contributed by atoms with Crippen LogP contribution in [0.15, 0.2) is 48.5 Å². The number of anilines is 2. The van der Waals surface area contributed by atoms with Crippen molar-refractivity contribution >= 4 is 40.7 Å². The van der Waals surface area contributed by atoms with Gasteiger partial charge < -0.3 is 25.4 Å². The standard InChI is InChI=1S/C29H34ClN3O5/c1-17-10-9-13-20(30)23(17)32-26(36)24-29-16-18(2)28(3,38-29)21(25(35)31-19-11-5-4-6-12-19)22(29)27(37)33(24)14-7-8-15-34/h4-6,9-13,18,21-22,24,34H,7-8,14-16H2,1-3H3,(H,31,35)(H,32,36)/t18?,21-,22+,24?,28+,29?/m1/s1. The van der Waals surface area contributed by atoms with Crippen LogP contribution in [0.1, 0.15) is 38.7 Å². The van der Waals surface area contributed by atoms with Crippen LogP contribution in [0.25, 0.3) is 0 Å². The number of hydrogen-bond donors (Lipinski definition) is 3. The number of fused-ring (bicyclic) bond motifs is 1. The van der Waals surface area contributed by atoms with Gasteiger partial charge in [-0.15, -0.1) is 0 Å². The Hall–Kier alpha value is -2.94. The number of aryl methyl sites for hydroxylation is 1. The van der Waals surface area contributed by atoms with Gasteiger partial charge in [-0.25, -0.2) is 0 Å². The molecule has 38 heavy (non-hydrogen) atoms. The molecule has 6 atom stereocenters. The molecule has 3 unspecified atom stereocenters. The maximum atomic E-state index is 14.1. The second-order valence-electron chi connectivity index (χ2n) is 10.9. The zero-order valence-corrected chi connectivity index (χ0v) is 22.6. The third kappa shape index (κ3) is 4.10. The summed E-state index contributed by atoms with van der Waals surface area (Å²) in [5.41, 5.74) is -0.128. The Kier molecular flexibility index (Phi) is 7.00. The lowest BCUT2D eigenvalue weighted by molar-refractivity contribution is -0.144. The van der Waals surface area contributed by atoms with Crippen LogP contribution in [0, 0.1) is 24.7 Å². The van der Waals surface area contributed by atoms with Crippen LogP contribution in [0.4, 0.5) is 11.4 Å². The number of benzene rings is 2. The molecule has 3 heterocycles. The molecule has 0 radical (unpaired) electrons. The van der Waals surface area contributed by atoms with Crippen molar-refractivity contribution in [2.24, 2.45) is 17.8 Å². The fraction of sp³-hybridized carbons (Fsp3) is 0.483. The van der Waals surface area contributed by atoms with Crippen LogP contribution in [-0.4, -0.2) is 58.1 Å². The minimum absolute atomic E-state index is 0.0139. The Morgan fingerprint density at radius 3 is 2.53 bits per heavy atom. The molecule has 0 aliphatic carbocycles. The summed E-state index contributed by atoms with van der Waals surface area (Å²) in [6.45, 7) is 6.02. The molecule has 2 bridgehead atoms. The minimum Gasteiger partial charge on any atom is -0.396 e. The molecule has 5 rings (SSSR count). The van der Waals surface area contributed by atoms with Crippen LogP contribution >= 0.6 is 11.6 Å². The van der Waals surface area contributed by atoms with Crippen LogP contribution in [-0.2, 0) is 19.1 Å². The molecule has 1 spiro atoms. The molecule has 202 valence electrons. The summed E-state index contributed by atoms with van der Waals surface area (Å²) in [5.74, 6) is -2.56. The van der Waals surface area contributed by atoms with Gasteiger partial charge in [0.2, 0.25) is 17.7 Å². The van der Waals surface area contributed by atoms with E-state index in [1.165, 1.54) is 0 Å². The summed E-state index contributed by atoms with van der Waals surface area (Å²) in [7, 11) is 0. The predicted octanol–water partition coefficient (Wildman–Crippen LogP) is 4.01. The normalized spacial score (nSPS) is 31.4. The van der Waals surface area contributed by atoms with Crippen molar-refractivity contribution in [2.45, 2.75) is 57.3 Å². The highest BCUT2D eigenvalue weighted by Gasteiger charge is 2.79. The van der Waals surface area contributed by atoms with Crippen molar-refractivity contribution < 1.29 is 24.2 Å². The van der Waals surface area contributed by atoms with Crippen LogP contribution in [0.3, 0.4) is 0 Å². The van der Waals surface area contributed by atoms with E-state index in [0.717, 1.165) is 5.56 Å². The summed E-state index contributed by atoms with van der Waals surface area (Å²) >= 11 is 6.42. The molecule has 3 aliphatic heterocycles. The van der Waals surface area contributed by atoms with Crippen molar-refractivity contribution in [3.8, 4) is 0 Å². The second kappa shape index (κ2) is 9.98. The van der Waals surface area contributed by atoms with Gasteiger partial charge in [0.05, 0.1) is 28.1 Å². The lowest BCUT2D eigenvalue weighted by Gasteiger charge is -2.36. The van der Waals surface area contributed by atoms with Gasteiger partial charge in [0.25, 0.3) is 0 Å². The van der Waals surface area contributed by atoms with E-state index in [2.05, 4.69) is 10.6 Å². The average Bonchev–Trinajstić information content (AvgIpc) is 3.39. The molecule has 3 saturated heterocycles. The summed E-state index contributed by atoms with van der Waals surface area (Å²) in [6.07, 6.45) is 1.49. The van der Waals surface area contributed by atoms with Crippen LogP contribution in [0.5, 0.6) is 0 Å².